The largest absolute Gasteiger partial charge is 0.347 e. The van der Waals surface area contributed by atoms with E-state index in [1.807, 2.05) is 17.0 Å². The third-order valence-electron chi connectivity index (χ3n) is 4.00. The number of nitrogens with one attached hydrogen (secondary N) is 2. The maximum absolute atomic E-state index is 12.1. The van der Waals surface area contributed by atoms with E-state index in [1.54, 1.807) is 6.20 Å². The number of fused-ring (bicyclic) bond motifs is 1. The van der Waals surface area contributed by atoms with Crippen LogP contribution in [0.15, 0.2) is 18.3 Å². The molecule has 1 aliphatic rings. The SMILES string of the molecule is CC(=O)NCC(=O)N1CCC[C@H](c2ccc3cn[nH]c3n2)C1. The predicted molar refractivity (Wildman–Crippen MR) is 81.1 cm³/mol. The van der Waals surface area contributed by atoms with E-state index in [2.05, 4.69) is 20.5 Å². The molecule has 0 aliphatic carbocycles. The number of piperidine rings is 1. The van der Waals surface area contributed by atoms with Gasteiger partial charge in [-0.2, -0.15) is 5.10 Å². The Morgan fingerprint density at radius 1 is 1.45 bits per heavy atom. The lowest BCUT2D eigenvalue weighted by molar-refractivity contribution is -0.133. The van der Waals surface area contributed by atoms with Gasteiger partial charge in [-0.25, -0.2) is 4.98 Å². The highest BCUT2D eigenvalue weighted by atomic mass is 16.2. The molecule has 2 N–H and O–H groups in total. The number of aromatic nitrogens is 3. The Balaban J connectivity index is 1.69. The fourth-order valence-electron chi connectivity index (χ4n) is 2.83. The number of pyridine rings is 1. The van der Waals surface area contributed by atoms with Gasteiger partial charge in [0.15, 0.2) is 5.65 Å². The fourth-order valence-corrected chi connectivity index (χ4v) is 2.83. The van der Waals surface area contributed by atoms with Crippen molar-refractivity contribution in [2.45, 2.75) is 25.7 Å². The van der Waals surface area contributed by atoms with E-state index >= 15 is 0 Å². The van der Waals surface area contributed by atoms with Crippen molar-refractivity contribution in [3.8, 4) is 0 Å². The van der Waals surface area contributed by atoms with Crippen LogP contribution in [0, 0.1) is 0 Å². The molecule has 3 heterocycles. The molecule has 2 aromatic heterocycles. The van der Waals surface area contributed by atoms with Crippen LogP contribution in [0.5, 0.6) is 0 Å². The van der Waals surface area contributed by atoms with Crippen LogP contribution in [0.3, 0.4) is 0 Å². The van der Waals surface area contributed by atoms with Crippen LogP contribution in [-0.4, -0.2) is 51.5 Å². The summed E-state index contributed by atoms with van der Waals surface area (Å²) in [5, 5.41) is 10.4. The third-order valence-corrected chi connectivity index (χ3v) is 4.00. The molecule has 0 aromatic carbocycles. The zero-order valence-electron chi connectivity index (χ0n) is 12.5. The Morgan fingerprint density at radius 2 is 2.32 bits per heavy atom. The number of aromatic amines is 1. The first-order chi connectivity index (χ1) is 10.6. The molecule has 0 spiro atoms. The average Bonchev–Trinajstić information content (AvgIpc) is 3.00. The van der Waals surface area contributed by atoms with Crippen molar-refractivity contribution in [2.75, 3.05) is 19.6 Å². The van der Waals surface area contributed by atoms with Gasteiger partial charge >= 0.3 is 0 Å². The minimum atomic E-state index is -0.187. The molecular weight excluding hydrogens is 282 g/mol. The maximum Gasteiger partial charge on any atom is 0.241 e. The molecule has 0 radical (unpaired) electrons. The number of carbonyl (C=O) groups excluding carboxylic acids is 2. The highest BCUT2D eigenvalue weighted by molar-refractivity contribution is 5.83. The number of nitrogens with zero attached hydrogens (tertiary/aromatic N) is 3. The summed E-state index contributed by atoms with van der Waals surface area (Å²) in [6.07, 6.45) is 3.70. The molecule has 0 saturated carbocycles. The van der Waals surface area contributed by atoms with Crippen molar-refractivity contribution in [1.82, 2.24) is 25.4 Å². The number of hydrogen-bond donors (Lipinski definition) is 2. The number of amides is 2. The Kier molecular flexibility index (Phi) is 4.04. The van der Waals surface area contributed by atoms with E-state index in [9.17, 15) is 9.59 Å². The number of H-pyrrole nitrogens is 1. The lowest BCUT2D eigenvalue weighted by Gasteiger charge is -2.32. The van der Waals surface area contributed by atoms with E-state index in [-0.39, 0.29) is 24.3 Å². The number of rotatable bonds is 3. The van der Waals surface area contributed by atoms with Gasteiger partial charge in [-0.15, -0.1) is 0 Å². The molecule has 2 amide bonds. The first-order valence-corrected chi connectivity index (χ1v) is 7.45. The van der Waals surface area contributed by atoms with Crippen molar-refractivity contribution in [1.29, 1.82) is 0 Å². The standard InChI is InChI=1S/C15H19N5O2/c1-10(21)16-8-14(22)20-6-2-3-12(9-20)13-5-4-11-7-17-19-15(11)18-13/h4-5,7,12H,2-3,6,8-9H2,1H3,(H,16,21)(H,17,18,19)/t12-/m0/s1. The minimum absolute atomic E-state index is 0.0393. The Bertz CT molecular complexity index is 696. The summed E-state index contributed by atoms with van der Waals surface area (Å²) >= 11 is 0. The Hall–Kier alpha value is -2.44. The minimum Gasteiger partial charge on any atom is -0.347 e. The molecule has 7 nitrogen and oxygen atoms in total. The third kappa shape index (κ3) is 3.08. The first-order valence-electron chi connectivity index (χ1n) is 7.45. The van der Waals surface area contributed by atoms with Crippen LogP contribution >= 0.6 is 0 Å². The molecule has 22 heavy (non-hydrogen) atoms. The summed E-state index contributed by atoms with van der Waals surface area (Å²) in [6.45, 7) is 2.86. The van der Waals surface area contributed by atoms with Crippen molar-refractivity contribution >= 4 is 22.8 Å². The van der Waals surface area contributed by atoms with Crippen molar-refractivity contribution < 1.29 is 9.59 Å². The van der Waals surface area contributed by atoms with Gasteiger partial charge in [0.05, 0.1) is 12.7 Å². The smallest absolute Gasteiger partial charge is 0.241 e. The monoisotopic (exact) mass is 301 g/mol. The number of hydrogen-bond acceptors (Lipinski definition) is 4. The molecule has 7 heteroatoms. The molecule has 3 rings (SSSR count). The fraction of sp³-hybridized carbons (Fsp3) is 0.467. The molecule has 1 saturated heterocycles. The van der Waals surface area contributed by atoms with Crippen LogP contribution in [-0.2, 0) is 9.59 Å². The Labute approximate surface area is 128 Å². The van der Waals surface area contributed by atoms with Gasteiger partial charge in [-0.1, -0.05) is 0 Å². The molecule has 116 valence electrons. The zero-order chi connectivity index (χ0) is 15.5. The quantitative estimate of drug-likeness (QED) is 0.877. The van der Waals surface area contributed by atoms with E-state index in [0.29, 0.717) is 6.54 Å². The summed E-state index contributed by atoms with van der Waals surface area (Å²) in [5.41, 5.74) is 1.76. The Morgan fingerprint density at radius 3 is 3.14 bits per heavy atom. The van der Waals surface area contributed by atoms with Crippen LogP contribution < -0.4 is 5.32 Å². The van der Waals surface area contributed by atoms with E-state index in [4.69, 9.17) is 0 Å². The summed E-state index contributed by atoms with van der Waals surface area (Å²) in [6, 6.07) is 4.00. The molecule has 1 aliphatic heterocycles. The van der Waals surface area contributed by atoms with E-state index in [1.165, 1.54) is 6.92 Å². The van der Waals surface area contributed by atoms with Crippen LogP contribution in [0.2, 0.25) is 0 Å². The second-order valence-electron chi connectivity index (χ2n) is 5.63. The maximum atomic E-state index is 12.1. The molecule has 1 atom stereocenters. The number of likely N-dealkylation sites (tertiary alicyclic amines) is 1. The summed E-state index contributed by atoms with van der Waals surface area (Å²) in [5.74, 6) is -0.00137. The van der Waals surface area contributed by atoms with Crippen LogP contribution in [0.1, 0.15) is 31.4 Å². The molecule has 2 aromatic rings. The normalized spacial score (nSPS) is 18.4. The predicted octanol–water partition coefficient (Wildman–Crippen LogP) is 0.800. The molecule has 0 unspecified atom stereocenters. The van der Waals surface area contributed by atoms with Crippen molar-refractivity contribution in [3.05, 3.63) is 24.0 Å². The first kappa shape index (κ1) is 14.5. The topological polar surface area (TPSA) is 91.0 Å². The van der Waals surface area contributed by atoms with Gasteiger partial charge < -0.3 is 10.2 Å². The lowest BCUT2D eigenvalue weighted by atomic mass is 9.94. The second kappa shape index (κ2) is 6.13. The van der Waals surface area contributed by atoms with Crippen molar-refractivity contribution in [3.63, 3.8) is 0 Å². The summed E-state index contributed by atoms with van der Waals surface area (Å²) in [4.78, 5) is 29.4. The zero-order valence-corrected chi connectivity index (χ0v) is 12.5. The molecule has 1 fully saturated rings. The van der Waals surface area contributed by atoms with Gasteiger partial charge in [-0.3, -0.25) is 14.7 Å². The lowest BCUT2D eigenvalue weighted by Crippen LogP contribution is -2.44. The van der Waals surface area contributed by atoms with Gasteiger partial charge in [0.25, 0.3) is 0 Å². The highest BCUT2D eigenvalue weighted by Crippen LogP contribution is 2.26. The van der Waals surface area contributed by atoms with Crippen LogP contribution in [0.4, 0.5) is 0 Å². The highest BCUT2D eigenvalue weighted by Gasteiger charge is 2.25. The van der Waals surface area contributed by atoms with Gasteiger partial charge in [0, 0.05) is 37.0 Å². The van der Waals surface area contributed by atoms with Crippen LogP contribution in [0.25, 0.3) is 11.0 Å². The molecular formula is C15H19N5O2. The second-order valence-corrected chi connectivity index (χ2v) is 5.63. The average molecular weight is 301 g/mol. The summed E-state index contributed by atoms with van der Waals surface area (Å²) in [7, 11) is 0. The van der Waals surface area contributed by atoms with E-state index < -0.39 is 0 Å². The molecule has 0 bridgehead atoms. The van der Waals surface area contributed by atoms with E-state index in [0.717, 1.165) is 36.1 Å². The van der Waals surface area contributed by atoms with Crippen molar-refractivity contribution in [2.24, 2.45) is 0 Å². The van der Waals surface area contributed by atoms with Gasteiger partial charge in [0.1, 0.15) is 0 Å². The van der Waals surface area contributed by atoms with Gasteiger partial charge in [-0.05, 0) is 25.0 Å². The number of carbonyl (C=O) groups is 2. The summed E-state index contributed by atoms with van der Waals surface area (Å²) < 4.78 is 0. The van der Waals surface area contributed by atoms with Gasteiger partial charge in [0.2, 0.25) is 11.8 Å².